The fourth-order valence-corrected chi connectivity index (χ4v) is 2.65. The summed E-state index contributed by atoms with van der Waals surface area (Å²) < 4.78 is 10.7. The summed E-state index contributed by atoms with van der Waals surface area (Å²) in [5.41, 5.74) is 3.27. The molecule has 6 heteroatoms. The van der Waals surface area contributed by atoms with Crippen LogP contribution in [0.3, 0.4) is 0 Å². The summed E-state index contributed by atoms with van der Waals surface area (Å²) in [4.78, 5) is 17.7. The van der Waals surface area contributed by atoms with Crippen molar-refractivity contribution in [3.05, 3.63) is 53.6 Å². The van der Waals surface area contributed by atoms with Crippen LogP contribution < -0.4 is 14.8 Å². The van der Waals surface area contributed by atoms with Crippen molar-refractivity contribution in [3.8, 4) is 11.5 Å². The molecule has 0 spiro atoms. The molecule has 0 bridgehead atoms. The monoisotopic (exact) mass is 340 g/mol. The van der Waals surface area contributed by atoms with Crippen molar-refractivity contribution >= 4 is 17.3 Å². The van der Waals surface area contributed by atoms with Gasteiger partial charge in [-0.25, -0.2) is 0 Å². The smallest absolute Gasteiger partial charge is 0.268 e. The standard InChI is InChI=1S/C19H20N2O4/c1-12-7-9-13(10-8-12)20-19(22)17-11-15(21-25-17)14-5-4-6-16(23-2)18(14)24-3/h4-10,17H,11H2,1-3H3,(H,20,22). The molecule has 1 aliphatic rings. The van der Waals surface area contributed by atoms with E-state index in [0.717, 1.165) is 16.8 Å². The molecule has 0 saturated carbocycles. The summed E-state index contributed by atoms with van der Waals surface area (Å²) in [6.07, 6.45) is -0.312. The maximum atomic E-state index is 12.4. The summed E-state index contributed by atoms with van der Waals surface area (Å²) in [5, 5.41) is 6.91. The number of hydrogen-bond donors (Lipinski definition) is 1. The Kier molecular flexibility index (Phi) is 4.88. The second kappa shape index (κ2) is 7.25. The zero-order valence-corrected chi connectivity index (χ0v) is 14.4. The lowest BCUT2D eigenvalue weighted by Crippen LogP contribution is -2.28. The van der Waals surface area contributed by atoms with Crippen LogP contribution in [0.25, 0.3) is 0 Å². The van der Waals surface area contributed by atoms with Gasteiger partial charge in [0.2, 0.25) is 6.10 Å². The lowest BCUT2D eigenvalue weighted by Gasteiger charge is -2.12. The SMILES string of the molecule is COc1cccc(C2=NOC(C(=O)Nc3ccc(C)cc3)C2)c1OC. The van der Waals surface area contributed by atoms with Crippen LogP contribution in [-0.4, -0.2) is 31.9 Å². The highest BCUT2D eigenvalue weighted by molar-refractivity contribution is 6.08. The van der Waals surface area contributed by atoms with Gasteiger partial charge in [-0.15, -0.1) is 0 Å². The number of carbonyl (C=O) groups is 1. The van der Waals surface area contributed by atoms with Crippen LogP contribution in [0.4, 0.5) is 5.69 Å². The van der Waals surface area contributed by atoms with Crippen LogP contribution >= 0.6 is 0 Å². The van der Waals surface area contributed by atoms with E-state index in [1.54, 1.807) is 20.3 Å². The molecule has 0 radical (unpaired) electrons. The number of methoxy groups -OCH3 is 2. The Morgan fingerprint density at radius 3 is 2.60 bits per heavy atom. The van der Waals surface area contributed by atoms with Gasteiger partial charge < -0.3 is 19.6 Å². The molecular formula is C19H20N2O4. The molecule has 0 saturated heterocycles. The Balaban J connectivity index is 1.71. The van der Waals surface area contributed by atoms with Crippen LogP contribution in [0, 0.1) is 6.92 Å². The summed E-state index contributed by atoms with van der Waals surface area (Å²) in [6.45, 7) is 1.99. The average molecular weight is 340 g/mol. The first-order valence-electron chi connectivity index (χ1n) is 7.94. The van der Waals surface area contributed by atoms with E-state index in [4.69, 9.17) is 14.3 Å². The van der Waals surface area contributed by atoms with E-state index in [0.29, 0.717) is 23.6 Å². The van der Waals surface area contributed by atoms with Gasteiger partial charge >= 0.3 is 0 Å². The van der Waals surface area contributed by atoms with Crippen LogP contribution in [0.2, 0.25) is 0 Å². The maximum absolute atomic E-state index is 12.4. The number of rotatable bonds is 5. The van der Waals surface area contributed by atoms with Crippen LogP contribution in [0.1, 0.15) is 17.5 Å². The lowest BCUT2D eigenvalue weighted by atomic mass is 10.0. The molecule has 0 aromatic heterocycles. The fourth-order valence-electron chi connectivity index (χ4n) is 2.65. The van der Waals surface area contributed by atoms with E-state index in [1.165, 1.54) is 0 Å². The largest absolute Gasteiger partial charge is 0.493 e. The van der Waals surface area contributed by atoms with E-state index in [9.17, 15) is 4.79 Å². The van der Waals surface area contributed by atoms with Gasteiger partial charge in [-0.3, -0.25) is 4.79 Å². The van der Waals surface area contributed by atoms with Gasteiger partial charge in [0.25, 0.3) is 5.91 Å². The molecule has 6 nitrogen and oxygen atoms in total. The van der Waals surface area contributed by atoms with Crippen molar-refractivity contribution in [2.45, 2.75) is 19.4 Å². The van der Waals surface area contributed by atoms with Crippen molar-refractivity contribution in [1.82, 2.24) is 0 Å². The van der Waals surface area contributed by atoms with E-state index in [-0.39, 0.29) is 5.91 Å². The summed E-state index contributed by atoms with van der Waals surface area (Å²) in [5.74, 6) is 0.951. The van der Waals surface area contributed by atoms with E-state index < -0.39 is 6.10 Å². The molecule has 1 amide bonds. The van der Waals surface area contributed by atoms with Crippen LogP contribution in [0.15, 0.2) is 47.6 Å². The number of nitrogens with zero attached hydrogens (tertiary/aromatic N) is 1. The normalized spacial score (nSPS) is 16.0. The predicted molar refractivity (Wildman–Crippen MR) is 95.4 cm³/mol. The molecular weight excluding hydrogens is 320 g/mol. The first kappa shape index (κ1) is 16.8. The van der Waals surface area contributed by atoms with Crippen LogP contribution in [-0.2, 0) is 9.63 Å². The Labute approximate surface area is 146 Å². The third-order valence-corrected chi connectivity index (χ3v) is 3.99. The molecule has 1 unspecified atom stereocenters. The molecule has 1 heterocycles. The van der Waals surface area contributed by atoms with Crippen molar-refractivity contribution in [3.63, 3.8) is 0 Å². The number of carbonyl (C=O) groups excluding carboxylic acids is 1. The minimum absolute atomic E-state index is 0.232. The maximum Gasteiger partial charge on any atom is 0.268 e. The Morgan fingerprint density at radius 2 is 1.92 bits per heavy atom. The number of hydrogen-bond acceptors (Lipinski definition) is 5. The quantitative estimate of drug-likeness (QED) is 0.908. The lowest BCUT2D eigenvalue weighted by molar-refractivity contribution is -0.125. The van der Waals surface area contributed by atoms with Crippen molar-refractivity contribution in [1.29, 1.82) is 0 Å². The van der Waals surface area contributed by atoms with Gasteiger partial charge in [-0.1, -0.05) is 28.9 Å². The number of nitrogens with one attached hydrogen (secondary N) is 1. The van der Waals surface area contributed by atoms with E-state index >= 15 is 0 Å². The van der Waals surface area contributed by atoms with Crippen molar-refractivity contribution in [2.24, 2.45) is 5.16 Å². The number of oxime groups is 1. The second-order valence-corrected chi connectivity index (χ2v) is 5.73. The number of anilines is 1. The van der Waals surface area contributed by atoms with Gasteiger partial charge in [-0.05, 0) is 31.2 Å². The highest BCUT2D eigenvalue weighted by atomic mass is 16.6. The Hall–Kier alpha value is -3.02. The van der Waals surface area contributed by atoms with Crippen molar-refractivity contribution < 1.29 is 19.1 Å². The van der Waals surface area contributed by atoms with E-state index in [1.807, 2.05) is 43.3 Å². The van der Waals surface area contributed by atoms with E-state index in [2.05, 4.69) is 10.5 Å². The van der Waals surface area contributed by atoms with Gasteiger partial charge in [0.15, 0.2) is 11.5 Å². The zero-order chi connectivity index (χ0) is 17.8. The molecule has 1 aliphatic heterocycles. The fraction of sp³-hybridized carbons (Fsp3) is 0.263. The first-order valence-corrected chi connectivity index (χ1v) is 7.94. The minimum Gasteiger partial charge on any atom is -0.493 e. The molecule has 2 aromatic carbocycles. The molecule has 25 heavy (non-hydrogen) atoms. The van der Waals surface area contributed by atoms with Gasteiger partial charge in [-0.2, -0.15) is 0 Å². The molecule has 2 aromatic rings. The number of ether oxygens (including phenoxy) is 2. The predicted octanol–water partition coefficient (Wildman–Crippen LogP) is 3.14. The molecule has 0 fully saturated rings. The second-order valence-electron chi connectivity index (χ2n) is 5.73. The number of para-hydroxylation sites is 1. The minimum atomic E-state index is -0.674. The molecule has 1 atom stereocenters. The number of benzene rings is 2. The third-order valence-electron chi connectivity index (χ3n) is 3.99. The molecule has 0 aliphatic carbocycles. The number of amides is 1. The van der Waals surface area contributed by atoms with Crippen LogP contribution in [0.5, 0.6) is 11.5 Å². The first-order chi connectivity index (χ1) is 12.1. The topological polar surface area (TPSA) is 69.2 Å². The summed E-state index contributed by atoms with van der Waals surface area (Å²) >= 11 is 0. The molecule has 130 valence electrons. The highest BCUT2D eigenvalue weighted by Crippen LogP contribution is 2.33. The number of aryl methyl sites for hydroxylation is 1. The van der Waals surface area contributed by atoms with Gasteiger partial charge in [0.1, 0.15) is 0 Å². The molecule has 1 N–H and O–H groups in total. The zero-order valence-electron chi connectivity index (χ0n) is 14.4. The van der Waals surface area contributed by atoms with Crippen molar-refractivity contribution in [2.75, 3.05) is 19.5 Å². The summed E-state index contributed by atoms with van der Waals surface area (Å²) in [6, 6.07) is 13.1. The Bertz CT molecular complexity index is 800. The Morgan fingerprint density at radius 1 is 1.16 bits per heavy atom. The van der Waals surface area contributed by atoms with Gasteiger partial charge in [0.05, 0.1) is 19.9 Å². The molecule has 3 rings (SSSR count). The van der Waals surface area contributed by atoms with Gasteiger partial charge in [0, 0.05) is 17.7 Å². The summed E-state index contributed by atoms with van der Waals surface area (Å²) in [7, 11) is 3.14. The third kappa shape index (κ3) is 3.57. The average Bonchev–Trinajstić information content (AvgIpc) is 3.13. The highest BCUT2D eigenvalue weighted by Gasteiger charge is 2.30.